The van der Waals surface area contributed by atoms with Crippen LogP contribution in [0.4, 0.5) is 5.82 Å². The van der Waals surface area contributed by atoms with Crippen LogP contribution < -0.4 is 5.32 Å². The number of benzene rings is 1. The molecule has 0 atom stereocenters. The van der Waals surface area contributed by atoms with Crippen molar-refractivity contribution in [2.75, 3.05) is 5.32 Å². The zero-order valence-corrected chi connectivity index (χ0v) is 15.5. The predicted octanol–water partition coefficient (Wildman–Crippen LogP) is 5.31. The molecular formula is C17H13Cl2N5S. The number of thiophene rings is 1. The Hall–Kier alpha value is -2.15. The molecule has 0 bridgehead atoms. The molecule has 0 radical (unpaired) electrons. The van der Waals surface area contributed by atoms with Gasteiger partial charge in [0, 0.05) is 18.9 Å². The Kier molecular flexibility index (Phi) is 4.33. The van der Waals surface area contributed by atoms with E-state index in [1.54, 1.807) is 29.8 Å². The molecular weight excluding hydrogens is 377 g/mol. The summed E-state index contributed by atoms with van der Waals surface area (Å²) in [7, 11) is 0. The van der Waals surface area contributed by atoms with Crippen LogP contribution in [-0.2, 0) is 6.54 Å². The summed E-state index contributed by atoms with van der Waals surface area (Å²) in [6, 6.07) is 5.58. The maximum atomic E-state index is 6.10. The monoisotopic (exact) mass is 389 g/mol. The van der Waals surface area contributed by atoms with Crippen molar-refractivity contribution in [3.8, 4) is 11.6 Å². The number of hydrogen-bond acceptors (Lipinski definition) is 5. The van der Waals surface area contributed by atoms with E-state index in [4.69, 9.17) is 23.2 Å². The molecule has 0 unspecified atom stereocenters. The van der Waals surface area contributed by atoms with Crippen LogP contribution in [0.5, 0.6) is 0 Å². The summed E-state index contributed by atoms with van der Waals surface area (Å²) in [5, 5.41) is 7.58. The van der Waals surface area contributed by atoms with Gasteiger partial charge in [0.25, 0.3) is 0 Å². The highest BCUT2D eigenvalue weighted by Crippen LogP contribution is 2.31. The van der Waals surface area contributed by atoms with E-state index in [1.165, 1.54) is 0 Å². The van der Waals surface area contributed by atoms with E-state index in [1.807, 2.05) is 12.1 Å². The normalized spacial score (nSPS) is 11.2. The summed E-state index contributed by atoms with van der Waals surface area (Å²) in [5.74, 6) is 1.99. The minimum absolute atomic E-state index is 0.539. The van der Waals surface area contributed by atoms with Crippen LogP contribution in [0.15, 0.2) is 36.0 Å². The van der Waals surface area contributed by atoms with Gasteiger partial charge in [0.2, 0.25) is 0 Å². The summed E-state index contributed by atoms with van der Waals surface area (Å²) >= 11 is 13.7. The van der Waals surface area contributed by atoms with E-state index in [2.05, 4.69) is 37.6 Å². The van der Waals surface area contributed by atoms with Crippen LogP contribution in [0.3, 0.4) is 0 Å². The van der Waals surface area contributed by atoms with Gasteiger partial charge in [0.15, 0.2) is 11.6 Å². The molecule has 4 rings (SSSR count). The van der Waals surface area contributed by atoms with E-state index in [-0.39, 0.29) is 0 Å². The first-order valence-corrected chi connectivity index (χ1v) is 9.19. The molecule has 2 N–H and O–H groups in total. The maximum absolute atomic E-state index is 6.10. The molecule has 0 aliphatic rings. The summed E-state index contributed by atoms with van der Waals surface area (Å²) in [5.41, 5.74) is 2.16. The van der Waals surface area contributed by atoms with Gasteiger partial charge < -0.3 is 10.3 Å². The number of H-pyrrole nitrogens is 1. The first-order valence-electron chi connectivity index (χ1n) is 7.55. The van der Waals surface area contributed by atoms with Gasteiger partial charge in [-0.1, -0.05) is 29.3 Å². The van der Waals surface area contributed by atoms with E-state index >= 15 is 0 Å². The summed E-state index contributed by atoms with van der Waals surface area (Å²) < 4.78 is 0. The van der Waals surface area contributed by atoms with Gasteiger partial charge in [0.05, 0.1) is 15.4 Å². The molecule has 3 aromatic heterocycles. The van der Waals surface area contributed by atoms with Gasteiger partial charge in [-0.3, -0.25) is 0 Å². The Bertz CT molecular complexity index is 1040. The second kappa shape index (κ2) is 6.63. The lowest BCUT2D eigenvalue weighted by atomic mass is 10.2. The minimum atomic E-state index is 0.539. The van der Waals surface area contributed by atoms with Crippen molar-refractivity contribution in [2.24, 2.45) is 0 Å². The lowest BCUT2D eigenvalue weighted by Crippen LogP contribution is -2.04. The molecule has 25 heavy (non-hydrogen) atoms. The fraction of sp³-hybridized carbons (Fsp3) is 0.118. The van der Waals surface area contributed by atoms with Gasteiger partial charge in [-0.15, -0.1) is 11.3 Å². The predicted molar refractivity (Wildman–Crippen MR) is 104 cm³/mol. The third kappa shape index (κ3) is 3.20. The van der Waals surface area contributed by atoms with Crippen molar-refractivity contribution in [2.45, 2.75) is 13.5 Å². The summed E-state index contributed by atoms with van der Waals surface area (Å²) in [4.78, 5) is 17.5. The molecule has 0 aliphatic carbocycles. The van der Waals surface area contributed by atoms with Crippen LogP contribution in [0.25, 0.3) is 21.9 Å². The van der Waals surface area contributed by atoms with Crippen molar-refractivity contribution in [1.29, 1.82) is 0 Å². The lowest BCUT2D eigenvalue weighted by Gasteiger charge is -2.10. The zero-order valence-electron chi connectivity index (χ0n) is 13.2. The smallest absolute Gasteiger partial charge is 0.199 e. The highest BCUT2D eigenvalue weighted by molar-refractivity contribution is 7.17. The highest BCUT2D eigenvalue weighted by atomic mass is 35.5. The van der Waals surface area contributed by atoms with E-state index in [0.717, 1.165) is 27.2 Å². The number of fused-ring (bicyclic) bond motifs is 1. The molecule has 0 amide bonds. The number of aromatic amines is 1. The van der Waals surface area contributed by atoms with E-state index < -0.39 is 0 Å². The van der Waals surface area contributed by atoms with Crippen LogP contribution in [0, 0.1) is 6.92 Å². The largest absolute Gasteiger partial charge is 0.365 e. The van der Waals surface area contributed by atoms with Crippen molar-refractivity contribution in [3.05, 3.63) is 57.1 Å². The van der Waals surface area contributed by atoms with Gasteiger partial charge in [-0.25, -0.2) is 15.0 Å². The number of nitrogens with one attached hydrogen (secondary N) is 2. The first-order chi connectivity index (χ1) is 12.1. The Balaban J connectivity index is 1.72. The Morgan fingerprint density at radius 3 is 2.84 bits per heavy atom. The van der Waals surface area contributed by atoms with Gasteiger partial charge in [-0.2, -0.15) is 0 Å². The third-order valence-electron chi connectivity index (χ3n) is 3.77. The standard InChI is InChI=1S/C17H13Cl2N5S/c1-9-8-25-17-13(9)14(23-16(24-17)15-20-4-5-21-15)22-7-10-2-3-11(18)12(19)6-10/h2-6,8H,7H2,1H3,(H,20,21)(H,22,23,24). The van der Waals surface area contributed by atoms with Crippen LogP contribution in [0.1, 0.15) is 11.1 Å². The molecule has 0 aliphatic heterocycles. The number of anilines is 1. The molecule has 126 valence electrons. The summed E-state index contributed by atoms with van der Waals surface area (Å²) in [6.07, 6.45) is 3.44. The molecule has 0 fully saturated rings. The quantitative estimate of drug-likeness (QED) is 0.496. The Morgan fingerprint density at radius 2 is 2.08 bits per heavy atom. The number of hydrogen-bond donors (Lipinski definition) is 2. The first kappa shape index (κ1) is 16.3. The highest BCUT2D eigenvalue weighted by Gasteiger charge is 2.14. The average molecular weight is 390 g/mol. The SMILES string of the molecule is Cc1csc2nc(-c3ncc[nH]3)nc(NCc3ccc(Cl)c(Cl)c3)c12. The fourth-order valence-corrected chi connectivity index (χ4v) is 3.78. The molecule has 4 aromatic rings. The molecule has 0 saturated carbocycles. The van der Waals surface area contributed by atoms with Crippen molar-refractivity contribution in [1.82, 2.24) is 19.9 Å². The maximum Gasteiger partial charge on any atom is 0.199 e. The second-order valence-electron chi connectivity index (χ2n) is 5.53. The second-order valence-corrected chi connectivity index (χ2v) is 7.21. The van der Waals surface area contributed by atoms with Gasteiger partial charge >= 0.3 is 0 Å². The third-order valence-corrected chi connectivity index (χ3v) is 5.50. The van der Waals surface area contributed by atoms with E-state index in [9.17, 15) is 0 Å². The molecule has 8 heteroatoms. The molecule has 0 saturated heterocycles. The van der Waals surface area contributed by atoms with Crippen molar-refractivity contribution in [3.63, 3.8) is 0 Å². The van der Waals surface area contributed by atoms with Gasteiger partial charge in [0.1, 0.15) is 10.6 Å². The number of aryl methyl sites for hydroxylation is 1. The number of rotatable bonds is 4. The van der Waals surface area contributed by atoms with Crippen LogP contribution in [-0.4, -0.2) is 19.9 Å². The number of nitrogens with zero attached hydrogens (tertiary/aromatic N) is 3. The lowest BCUT2D eigenvalue weighted by molar-refractivity contribution is 1.09. The Morgan fingerprint density at radius 1 is 1.20 bits per heavy atom. The van der Waals surface area contributed by atoms with Crippen molar-refractivity contribution < 1.29 is 0 Å². The number of halogens is 2. The number of imidazole rings is 1. The molecule has 1 aromatic carbocycles. The minimum Gasteiger partial charge on any atom is -0.365 e. The fourth-order valence-electron chi connectivity index (χ4n) is 2.54. The average Bonchev–Trinajstić information content (AvgIpc) is 3.26. The van der Waals surface area contributed by atoms with E-state index in [0.29, 0.717) is 28.2 Å². The summed E-state index contributed by atoms with van der Waals surface area (Å²) in [6.45, 7) is 2.63. The Labute approximate surface area is 158 Å². The van der Waals surface area contributed by atoms with Crippen molar-refractivity contribution >= 4 is 50.6 Å². The zero-order chi connectivity index (χ0) is 17.4. The molecule has 5 nitrogen and oxygen atoms in total. The topological polar surface area (TPSA) is 66.5 Å². The van der Waals surface area contributed by atoms with Gasteiger partial charge in [-0.05, 0) is 35.6 Å². The van der Waals surface area contributed by atoms with Crippen LogP contribution in [0.2, 0.25) is 10.0 Å². The molecule has 3 heterocycles. The molecule has 0 spiro atoms. The van der Waals surface area contributed by atoms with Crippen LogP contribution >= 0.6 is 34.5 Å². The number of aromatic nitrogens is 4.